The number of nitrogens with zero attached hydrogens (tertiary/aromatic N) is 1. The van der Waals surface area contributed by atoms with E-state index in [9.17, 15) is 0 Å². The number of fused-ring (bicyclic) bond motifs is 1. The molecule has 2 heterocycles. The Balaban J connectivity index is 0.00000161. The van der Waals surface area contributed by atoms with Gasteiger partial charge in [0.1, 0.15) is 18.1 Å². The standard InChI is InChI=1S/C15H21N3O2.ClH/c1-19-14-2-3-15-11(7-14)6-13(9-20-15)18-10-17-8-12(18)4-5-16;/h2-3,7-8,13,17H,4-6,9-10,16H2,1H3;1H/t13-;/m1./s1. The molecule has 0 saturated heterocycles. The van der Waals surface area contributed by atoms with Gasteiger partial charge in [-0.3, -0.25) is 0 Å². The second kappa shape index (κ2) is 6.91. The van der Waals surface area contributed by atoms with Crippen molar-refractivity contribution >= 4 is 12.4 Å². The summed E-state index contributed by atoms with van der Waals surface area (Å²) in [6, 6.07) is 6.35. The van der Waals surface area contributed by atoms with Crippen LogP contribution in [0.1, 0.15) is 12.0 Å². The van der Waals surface area contributed by atoms with E-state index in [-0.39, 0.29) is 12.4 Å². The van der Waals surface area contributed by atoms with Crippen LogP contribution in [0.3, 0.4) is 0 Å². The Morgan fingerprint density at radius 3 is 3.10 bits per heavy atom. The van der Waals surface area contributed by atoms with E-state index in [4.69, 9.17) is 15.2 Å². The first kappa shape index (κ1) is 15.8. The highest BCUT2D eigenvalue weighted by molar-refractivity contribution is 5.85. The third kappa shape index (κ3) is 3.19. The zero-order valence-electron chi connectivity index (χ0n) is 12.2. The zero-order chi connectivity index (χ0) is 13.9. The van der Waals surface area contributed by atoms with Gasteiger partial charge in [0.15, 0.2) is 0 Å². The fourth-order valence-electron chi connectivity index (χ4n) is 2.86. The third-order valence-corrected chi connectivity index (χ3v) is 3.89. The fourth-order valence-corrected chi connectivity index (χ4v) is 2.86. The average Bonchev–Trinajstić information content (AvgIpc) is 2.94. The van der Waals surface area contributed by atoms with Crippen LogP contribution >= 0.6 is 12.4 Å². The molecule has 5 nitrogen and oxygen atoms in total. The van der Waals surface area contributed by atoms with Gasteiger partial charge in [0, 0.05) is 18.3 Å². The van der Waals surface area contributed by atoms with E-state index in [2.05, 4.69) is 22.5 Å². The number of hydrogen-bond acceptors (Lipinski definition) is 5. The van der Waals surface area contributed by atoms with Crippen molar-refractivity contribution in [3.63, 3.8) is 0 Å². The Morgan fingerprint density at radius 2 is 2.33 bits per heavy atom. The van der Waals surface area contributed by atoms with Crippen LogP contribution in [0.15, 0.2) is 30.1 Å². The number of methoxy groups -OCH3 is 1. The van der Waals surface area contributed by atoms with Crippen LogP contribution in [0.2, 0.25) is 0 Å². The summed E-state index contributed by atoms with van der Waals surface area (Å²) in [7, 11) is 1.69. The second-order valence-electron chi connectivity index (χ2n) is 5.15. The van der Waals surface area contributed by atoms with Gasteiger partial charge in [-0.15, -0.1) is 12.4 Å². The van der Waals surface area contributed by atoms with E-state index in [1.165, 1.54) is 11.3 Å². The van der Waals surface area contributed by atoms with Crippen molar-refractivity contribution in [3.05, 3.63) is 35.7 Å². The van der Waals surface area contributed by atoms with Gasteiger partial charge in [0.25, 0.3) is 0 Å². The molecule has 0 amide bonds. The molecule has 21 heavy (non-hydrogen) atoms. The van der Waals surface area contributed by atoms with Crippen LogP contribution in [-0.4, -0.2) is 37.9 Å². The van der Waals surface area contributed by atoms with Gasteiger partial charge in [-0.05, 0) is 36.7 Å². The summed E-state index contributed by atoms with van der Waals surface area (Å²) in [6.07, 6.45) is 3.93. The van der Waals surface area contributed by atoms with Crippen LogP contribution in [-0.2, 0) is 6.42 Å². The first-order chi connectivity index (χ1) is 9.81. The van der Waals surface area contributed by atoms with Gasteiger partial charge in [0.2, 0.25) is 0 Å². The Hall–Kier alpha value is -1.59. The molecule has 0 fully saturated rings. The van der Waals surface area contributed by atoms with Crippen molar-refractivity contribution in [2.24, 2.45) is 5.73 Å². The van der Waals surface area contributed by atoms with Gasteiger partial charge >= 0.3 is 0 Å². The minimum atomic E-state index is 0. The van der Waals surface area contributed by atoms with E-state index < -0.39 is 0 Å². The quantitative estimate of drug-likeness (QED) is 0.882. The Bertz CT molecular complexity index is 522. The Kier molecular flexibility index (Phi) is 5.20. The van der Waals surface area contributed by atoms with Crippen LogP contribution in [0.4, 0.5) is 0 Å². The molecule has 0 unspecified atom stereocenters. The summed E-state index contributed by atoms with van der Waals surface area (Å²) < 4.78 is 11.2. The predicted octanol–water partition coefficient (Wildman–Crippen LogP) is 1.47. The first-order valence-electron chi connectivity index (χ1n) is 7.00. The predicted molar refractivity (Wildman–Crippen MR) is 84.8 cm³/mol. The molecule has 0 aromatic heterocycles. The summed E-state index contributed by atoms with van der Waals surface area (Å²) in [5.41, 5.74) is 8.15. The smallest absolute Gasteiger partial charge is 0.122 e. The van der Waals surface area contributed by atoms with Crippen molar-refractivity contribution < 1.29 is 9.47 Å². The molecule has 1 atom stereocenters. The highest BCUT2D eigenvalue weighted by atomic mass is 35.5. The molecule has 0 spiro atoms. The van der Waals surface area contributed by atoms with Gasteiger partial charge in [-0.1, -0.05) is 0 Å². The number of benzene rings is 1. The summed E-state index contributed by atoms with van der Waals surface area (Å²) in [4.78, 5) is 2.36. The molecule has 2 aliphatic heterocycles. The molecule has 2 aliphatic rings. The van der Waals surface area contributed by atoms with Crippen molar-refractivity contribution in [1.29, 1.82) is 0 Å². The maximum absolute atomic E-state index is 5.89. The molecule has 1 aromatic rings. The van der Waals surface area contributed by atoms with Crippen LogP contribution in [0.25, 0.3) is 0 Å². The van der Waals surface area contributed by atoms with E-state index in [0.29, 0.717) is 19.2 Å². The van der Waals surface area contributed by atoms with E-state index in [0.717, 1.165) is 31.0 Å². The van der Waals surface area contributed by atoms with Crippen LogP contribution in [0.5, 0.6) is 11.5 Å². The van der Waals surface area contributed by atoms with E-state index >= 15 is 0 Å². The van der Waals surface area contributed by atoms with Gasteiger partial charge in [-0.2, -0.15) is 0 Å². The molecular weight excluding hydrogens is 290 g/mol. The lowest BCUT2D eigenvalue weighted by Gasteiger charge is -2.35. The number of nitrogens with two attached hydrogens (primary N) is 1. The summed E-state index contributed by atoms with van der Waals surface area (Å²) >= 11 is 0. The molecule has 0 aliphatic carbocycles. The lowest BCUT2D eigenvalue weighted by atomic mass is 10.0. The zero-order valence-corrected chi connectivity index (χ0v) is 13.0. The fraction of sp³-hybridized carbons (Fsp3) is 0.467. The highest BCUT2D eigenvalue weighted by Crippen LogP contribution is 2.31. The third-order valence-electron chi connectivity index (χ3n) is 3.89. The maximum Gasteiger partial charge on any atom is 0.122 e. The highest BCUT2D eigenvalue weighted by Gasteiger charge is 2.28. The Labute approximate surface area is 131 Å². The van der Waals surface area contributed by atoms with Crippen molar-refractivity contribution in [2.75, 3.05) is 26.9 Å². The van der Waals surface area contributed by atoms with Crippen LogP contribution < -0.4 is 20.5 Å². The van der Waals surface area contributed by atoms with Gasteiger partial charge in [0.05, 0.1) is 19.8 Å². The molecular formula is C15H22ClN3O2. The molecule has 0 radical (unpaired) electrons. The average molecular weight is 312 g/mol. The largest absolute Gasteiger partial charge is 0.497 e. The molecule has 0 bridgehead atoms. The molecule has 0 saturated carbocycles. The Morgan fingerprint density at radius 1 is 1.48 bits per heavy atom. The molecule has 3 N–H and O–H groups in total. The number of hydrogen-bond donors (Lipinski definition) is 2. The molecule has 116 valence electrons. The molecule has 1 aromatic carbocycles. The van der Waals surface area contributed by atoms with E-state index in [1.807, 2.05) is 12.1 Å². The first-order valence-corrected chi connectivity index (χ1v) is 7.00. The minimum Gasteiger partial charge on any atom is -0.497 e. The van der Waals surface area contributed by atoms with Crippen molar-refractivity contribution in [3.8, 4) is 11.5 Å². The summed E-state index contributed by atoms with van der Waals surface area (Å²) in [5, 5.41) is 3.28. The van der Waals surface area contributed by atoms with Crippen molar-refractivity contribution in [2.45, 2.75) is 18.9 Å². The number of rotatable bonds is 4. The van der Waals surface area contributed by atoms with E-state index in [1.54, 1.807) is 7.11 Å². The van der Waals surface area contributed by atoms with Crippen LogP contribution in [0, 0.1) is 0 Å². The number of nitrogens with one attached hydrogen (secondary N) is 1. The maximum atomic E-state index is 5.89. The second-order valence-corrected chi connectivity index (χ2v) is 5.15. The monoisotopic (exact) mass is 311 g/mol. The topological polar surface area (TPSA) is 59.8 Å². The normalized spacial score (nSPS) is 19.8. The lowest BCUT2D eigenvalue weighted by Crippen LogP contribution is -2.43. The SMILES string of the molecule is COc1ccc2c(c1)C[C@@H](N1CNC=C1CCN)CO2.Cl. The summed E-state index contributed by atoms with van der Waals surface area (Å²) in [5.74, 6) is 1.85. The minimum absolute atomic E-state index is 0. The lowest BCUT2D eigenvalue weighted by molar-refractivity contribution is 0.151. The number of ether oxygens (including phenoxy) is 2. The van der Waals surface area contributed by atoms with Crippen molar-refractivity contribution in [1.82, 2.24) is 10.2 Å². The van der Waals surface area contributed by atoms with Gasteiger partial charge < -0.3 is 25.4 Å². The van der Waals surface area contributed by atoms with Gasteiger partial charge in [-0.25, -0.2) is 0 Å². The molecule has 3 rings (SSSR count). The summed E-state index contributed by atoms with van der Waals surface area (Å²) in [6.45, 7) is 2.22. The number of halogens is 1. The molecule has 6 heteroatoms.